The van der Waals surface area contributed by atoms with E-state index in [-0.39, 0.29) is 55.4 Å². The molecule has 2 aliphatic heterocycles. The van der Waals surface area contributed by atoms with E-state index >= 15 is 0 Å². The van der Waals surface area contributed by atoms with Crippen LogP contribution < -0.4 is 9.46 Å². The first-order valence-corrected chi connectivity index (χ1v) is 23.7. The van der Waals surface area contributed by atoms with E-state index in [2.05, 4.69) is 23.9 Å². The van der Waals surface area contributed by atoms with Crippen molar-refractivity contribution in [1.82, 2.24) is 24.2 Å². The predicted octanol–water partition coefficient (Wildman–Crippen LogP) is 7.65. The highest BCUT2D eigenvalue weighted by Crippen LogP contribution is 2.57. The third-order valence-corrected chi connectivity index (χ3v) is 14.7. The molecule has 5 atom stereocenters. The Morgan fingerprint density at radius 1 is 1.05 bits per heavy atom. The van der Waals surface area contributed by atoms with Crippen molar-refractivity contribution in [3.05, 3.63) is 41.4 Å². The maximum atomic E-state index is 14.8. The van der Waals surface area contributed by atoms with Crippen LogP contribution in [0.3, 0.4) is 0 Å². The maximum absolute atomic E-state index is 14.8. The Hall–Kier alpha value is -4.11. The maximum Gasteiger partial charge on any atom is 0.307 e. The highest BCUT2D eigenvalue weighted by Gasteiger charge is 2.61. The fraction of sp³-hybridized carbons (Fsp3) is 0.636. The second-order valence-corrected chi connectivity index (χ2v) is 21.4. The summed E-state index contributed by atoms with van der Waals surface area (Å²) in [4.78, 5) is 68.1. The fourth-order valence-corrected chi connectivity index (χ4v) is 11.0. The minimum atomic E-state index is -3.85. The zero-order valence-corrected chi connectivity index (χ0v) is 37.0. The van der Waals surface area contributed by atoms with Crippen LogP contribution >= 0.6 is 11.3 Å². The van der Waals surface area contributed by atoms with Crippen LogP contribution in [-0.2, 0) is 33.9 Å². The number of nitrogens with one attached hydrogen (secondary N) is 1. The lowest BCUT2D eigenvalue weighted by Crippen LogP contribution is -2.46. The van der Waals surface area contributed by atoms with Gasteiger partial charge in [-0.15, -0.1) is 11.3 Å². The molecule has 3 aromatic rings. The van der Waals surface area contributed by atoms with Crippen LogP contribution in [0.15, 0.2) is 35.7 Å². The number of ether oxygens (including phenoxy) is 2. The number of sulfonamides is 1. The number of allylic oxidation sites excluding steroid dienone is 2. The number of imidazole rings is 1. The average Bonchev–Trinajstić information content (AvgIpc) is 3.96. The number of Topliss-reactive ketones (excluding diaryl/α,β-unsaturated/α-hetero) is 1. The highest BCUT2D eigenvalue weighted by atomic mass is 32.2. The van der Waals surface area contributed by atoms with Gasteiger partial charge in [-0.05, 0) is 97.1 Å². The van der Waals surface area contributed by atoms with Gasteiger partial charge in [0.1, 0.15) is 22.2 Å². The molecule has 15 heteroatoms. The third-order valence-electron chi connectivity index (χ3n) is 12.0. The smallest absolute Gasteiger partial charge is 0.307 e. The first kappa shape index (κ1) is 43.0. The number of ketones is 1. The van der Waals surface area contributed by atoms with Gasteiger partial charge in [0.05, 0.1) is 40.9 Å². The number of esters is 1. The van der Waals surface area contributed by atoms with Gasteiger partial charge in [0.2, 0.25) is 21.8 Å². The summed E-state index contributed by atoms with van der Waals surface area (Å²) in [5.41, 5.74) is 1.52. The van der Waals surface area contributed by atoms with Crippen LogP contribution in [0.1, 0.15) is 137 Å². The van der Waals surface area contributed by atoms with Crippen molar-refractivity contribution in [1.29, 1.82) is 0 Å². The number of hydrogen-bond acceptors (Lipinski definition) is 11. The summed E-state index contributed by atoms with van der Waals surface area (Å²) in [6.45, 7) is 13.7. The second kappa shape index (κ2) is 16.7. The molecule has 0 bridgehead atoms. The highest BCUT2D eigenvalue weighted by molar-refractivity contribution is 7.90. The van der Waals surface area contributed by atoms with Crippen molar-refractivity contribution in [2.45, 2.75) is 154 Å². The minimum absolute atomic E-state index is 0.0498. The quantitative estimate of drug-likeness (QED) is 0.158. The van der Waals surface area contributed by atoms with Crippen LogP contribution in [0, 0.1) is 17.3 Å². The Balaban J connectivity index is 1.22. The van der Waals surface area contributed by atoms with E-state index in [4.69, 9.17) is 19.4 Å². The number of carbonyl (C=O) groups is 4. The van der Waals surface area contributed by atoms with E-state index in [0.717, 1.165) is 46.6 Å². The topological polar surface area (TPSA) is 167 Å². The molecule has 1 aromatic carbocycles. The number of benzene rings is 1. The van der Waals surface area contributed by atoms with Crippen LogP contribution in [0.2, 0.25) is 0 Å². The number of aromatic nitrogens is 3. The van der Waals surface area contributed by atoms with Crippen LogP contribution in [0.25, 0.3) is 21.6 Å². The second-order valence-electron chi connectivity index (χ2n) is 18.6. The van der Waals surface area contributed by atoms with Gasteiger partial charge in [-0.3, -0.25) is 28.5 Å². The molecule has 13 nitrogen and oxygen atoms in total. The third kappa shape index (κ3) is 9.45. The van der Waals surface area contributed by atoms with Crippen molar-refractivity contribution >= 4 is 56.0 Å². The van der Waals surface area contributed by atoms with Gasteiger partial charge in [0.25, 0.3) is 6.01 Å². The molecular formula is C44H59N5O8S2. The molecule has 4 heterocycles. The standard InChI is InChI=1S/C44H59N5O8S2/c1-26(2)33-25-58-39(45-33)32-16-13-17-34-38(32)46-42(49(34)27(3)4)56-30-21-35-36(50)23-44(41(53)47-59(54,55)31-18-19-31)22-29(44)15-12-10-8-9-11-14-28(40(52)48(35)24-30)20-37(51)57-43(5,6)7/h12-13,15-17,25-31,35H,8-11,14,18-24H2,1-7H3,(H,47,53)/b15-12-/t28-,29+,30-,35+,44-/m1/s1. The number of thiazole rings is 1. The number of hydrogen-bond donors (Lipinski definition) is 1. The van der Waals surface area contributed by atoms with Crippen molar-refractivity contribution < 1.29 is 37.1 Å². The molecule has 1 N–H and O–H groups in total. The largest absolute Gasteiger partial charge is 0.460 e. The first-order chi connectivity index (χ1) is 27.9. The van der Waals surface area contributed by atoms with Crippen LogP contribution in [0.5, 0.6) is 6.01 Å². The lowest BCUT2D eigenvalue weighted by Gasteiger charge is -2.29. The van der Waals surface area contributed by atoms with Crippen LogP contribution in [0.4, 0.5) is 0 Å². The molecule has 2 saturated carbocycles. The molecular weight excluding hydrogens is 791 g/mol. The molecule has 0 unspecified atom stereocenters. The molecule has 0 radical (unpaired) electrons. The molecule has 2 aromatic heterocycles. The molecule has 59 heavy (non-hydrogen) atoms. The number of carbonyl (C=O) groups excluding carboxylic acids is 4. The summed E-state index contributed by atoms with van der Waals surface area (Å²) in [6.07, 6.45) is 7.98. The SMILES string of the molecule is CC(C)c1csc(-c2cccc3c2nc(O[C@@H]2C[C@H]4C(=O)C[C@]5(C(=O)NS(=O)(=O)C6CC6)C[C@@H]5/C=C\CCCCC[C@H](CC(=O)OC(C)(C)C)C(=O)N4C2)n3C(C)C)n1. The molecule has 2 amide bonds. The monoisotopic (exact) mass is 849 g/mol. The number of rotatable bonds is 10. The number of nitrogens with zero attached hydrogens (tertiary/aromatic N) is 4. The lowest BCUT2D eigenvalue weighted by molar-refractivity contribution is -0.159. The van der Waals surface area contributed by atoms with E-state index in [1.165, 1.54) is 4.90 Å². The molecule has 1 saturated heterocycles. The Morgan fingerprint density at radius 2 is 1.81 bits per heavy atom. The van der Waals surface area contributed by atoms with E-state index in [1.807, 2.05) is 48.8 Å². The van der Waals surface area contributed by atoms with Crippen LogP contribution in [-0.4, -0.2) is 81.0 Å². The predicted molar refractivity (Wildman–Crippen MR) is 226 cm³/mol. The zero-order chi connectivity index (χ0) is 42.4. The lowest BCUT2D eigenvalue weighted by atomic mass is 9.90. The van der Waals surface area contributed by atoms with Crippen molar-refractivity contribution in [2.75, 3.05) is 6.54 Å². The molecule has 320 valence electrons. The average molecular weight is 850 g/mol. The van der Waals surface area contributed by atoms with Gasteiger partial charge < -0.3 is 14.4 Å². The van der Waals surface area contributed by atoms with Gasteiger partial charge in [0, 0.05) is 35.7 Å². The van der Waals surface area contributed by atoms with Crippen molar-refractivity contribution in [3.63, 3.8) is 0 Å². The van der Waals surface area contributed by atoms with Crippen molar-refractivity contribution in [3.8, 4) is 16.6 Å². The van der Waals surface area contributed by atoms with Gasteiger partial charge in [0.15, 0.2) is 5.78 Å². The van der Waals surface area contributed by atoms with E-state index in [1.54, 1.807) is 32.1 Å². The van der Waals surface area contributed by atoms with Gasteiger partial charge in [-0.25, -0.2) is 13.4 Å². The summed E-state index contributed by atoms with van der Waals surface area (Å²) in [5, 5.41) is 2.33. The molecule has 2 aliphatic carbocycles. The molecule has 0 spiro atoms. The first-order valence-electron chi connectivity index (χ1n) is 21.3. The van der Waals surface area contributed by atoms with E-state index in [9.17, 15) is 27.6 Å². The fourth-order valence-electron chi connectivity index (χ4n) is 8.58. The molecule has 7 rings (SSSR count). The summed E-state index contributed by atoms with van der Waals surface area (Å²) in [5.74, 6) is -2.58. The summed E-state index contributed by atoms with van der Waals surface area (Å²) in [6, 6.07) is 5.32. The minimum Gasteiger partial charge on any atom is -0.460 e. The van der Waals surface area contributed by atoms with Crippen molar-refractivity contribution in [2.24, 2.45) is 17.3 Å². The Bertz CT molecular complexity index is 2230. The number of amides is 2. The normalized spacial score (nSPS) is 26.3. The summed E-state index contributed by atoms with van der Waals surface area (Å²) in [7, 11) is -3.85. The molecule has 4 aliphatic rings. The Morgan fingerprint density at radius 3 is 2.49 bits per heavy atom. The molecule has 3 fully saturated rings. The van der Waals surface area contributed by atoms with E-state index < -0.39 is 56.2 Å². The van der Waals surface area contributed by atoms with Gasteiger partial charge in [-0.2, -0.15) is 4.98 Å². The van der Waals surface area contributed by atoms with E-state index in [0.29, 0.717) is 38.1 Å². The van der Waals surface area contributed by atoms with Gasteiger partial charge >= 0.3 is 5.97 Å². The number of fused-ring (bicyclic) bond motifs is 3. The summed E-state index contributed by atoms with van der Waals surface area (Å²) < 4.78 is 42.7. The zero-order valence-electron chi connectivity index (χ0n) is 35.4. The Labute approximate surface area is 351 Å². The Kier molecular flexibility index (Phi) is 12.2. The number of para-hydroxylation sites is 1. The summed E-state index contributed by atoms with van der Waals surface area (Å²) >= 11 is 1.57. The van der Waals surface area contributed by atoms with Gasteiger partial charge in [-0.1, -0.05) is 44.9 Å².